The third-order valence-corrected chi connectivity index (χ3v) is 4.07. The molecule has 0 spiro atoms. The summed E-state index contributed by atoms with van der Waals surface area (Å²) in [6.07, 6.45) is 4.87. The van der Waals surface area contributed by atoms with Crippen LogP contribution >= 0.6 is 0 Å². The summed E-state index contributed by atoms with van der Waals surface area (Å²) < 4.78 is 28.5. The first kappa shape index (κ1) is 13.7. The van der Waals surface area contributed by atoms with Crippen LogP contribution in [0.1, 0.15) is 11.4 Å². The van der Waals surface area contributed by atoms with Crippen LogP contribution in [0.15, 0.2) is 23.6 Å². The first-order valence-corrected chi connectivity index (χ1v) is 7.15. The molecule has 0 bridgehead atoms. The number of aromatic amines is 1. The van der Waals surface area contributed by atoms with Crippen molar-refractivity contribution in [2.45, 2.75) is 18.1 Å². The van der Waals surface area contributed by atoms with Gasteiger partial charge in [0, 0.05) is 31.5 Å². The van der Waals surface area contributed by atoms with E-state index < -0.39 is 10.0 Å². The average Bonchev–Trinajstić information content (AvgIpc) is 2.97. The van der Waals surface area contributed by atoms with E-state index >= 15 is 0 Å². The van der Waals surface area contributed by atoms with Crippen molar-refractivity contribution in [2.75, 3.05) is 7.05 Å². The van der Waals surface area contributed by atoms with Crippen LogP contribution in [0.4, 0.5) is 0 Å². The Morgan fingerprint density at radius 2 is 2.21 bits per heavy atom. The molecule has 0 atom stereocenters. The van der Waals surface area contributed by atoms with Crippen molar-refractivity contribution < 1.29 is 8.42 Å². The summed E-state index contributed by atoms with van der Waals surface area (Å²) in [6, 6.07) is 0. The Morgan fingerprint density at radius 1 is 1.42 bits per heavy atom. The highest BCUT2D eigenvalue weighted by molar-refractivity contribution is 7.89. The van der Waals surface area contributed by atoms with E-state index in [1.54, 1.807) is 31.1 Å². The Bertz CT molecular complexity index is 645. The van der Waals surface area contributed by atoms with E-state index in [2.05, 4.69) is 25.2 Å². The molecule has 8 nitrogen and oxygen atoms in total. The minimum atomic E-state index is -3.62. The van der Waals surface area contributed by atoms with Crippen LogP contribution in [0.3, 0.4) is 0 Å². The maximum Gasteiger partial charge on any atom is 0.258 e. The molecule has 2 aromatic heterocycles. The molecule has 0 unspecified atom stereocenters. The van der Waals surface area contributed by atoms with Crippen LogP contribution in [0.25, 0.3) is 0 Å². The minimum Gasteiger partial charge on any atom is -0.337 e. The standard InChI is InChI=1S/C10H16N6O2S/c1-11-5-8-6-13-15-10(8)19(17,18)14-7-9-12-3-4-16(9)2/h3-4,6,11,14H,5,7H2,1-2H3,(H,13,15). The molecule has 2 rings (SSSR count). The first-order valence-electron chi connectivity index (χ1n) is 5.67. The fraction of sp³-hybridized carbons (Fsp3) is 0.400. The van der Waals surface area contributed by atoms with Gasteiger partial charge in [-0.05, 0) is 7.05 Å². The molecule has 0 amide bonds. The monoisotopic (exact) mass is 284 g/mol. The van der Waals surface area contributed by atoms with E-state index in [0.717, 1.165) is 0 Å². The van der Waals surface area contributed by atoms with Gasteiger partial charge >= 0.3 is 0 Å². The van der Waals surface area contributed by atoms with E-state index in [1.165, 1.54) is 6.20 Å². The van der Waals surface area contributed by atoms with E-state index in [9.17, 15) is 8.42 Å². The van der Waals surface area contributed by atoms with Crippen molar-refractivity contribution in [1.29, 1.82) is 0 Å². The van der Waals surface area contributed by atoms with Gasteiger partial charge in [-0.1, -0.05) is 0 Å². The predicted molar refractivity (Wildman–Crippen MR) is 68.6 cm³/mol. The van der Waals surface area contributed by atoms with Crippen LogP contribution < -0.4 is 10.0 Å². The van der Waals surface area contributed by atoms with Gasteiger partial charge in [-0.15, -0.1) is 0 Å². The SMILES string of the molecule is CNCc1cn[nH]c1S(=O)(=O)NCc1nccn1C. The Morgan fingerprint density at radius 3 is 2.84 bits per heavy atom. The molecule has 19 heavy (non-hydrogen) atoms. The van der Waals surface area contributed by atoms with E-state index in [-0.39, 0.29) is 11.6 Å². The van der Waals surface area contributed by atoms with Crippen molar-refractivity contribution in [2.24, 2.45) is 7.05 Å². The van der Waals surface area contributed by atoms with E-state index in [1.807, 2.05) is 0 Å². The fourth-order valence-corrected chi connectivity index (χ4v) is 2.75. The molecule has 0 aliphatic carbocycles. The lowest BCUT2D eigenvalue weighted by Crippen LogP contribution is -2.26. The van der Waals surface area contributed by atoms with Crippen LogP contribution in [-0.4, -0.2) is 35.2 Å². The second kappa shape index (κ2) is 5.51. The van der Waals surface area contributed by atoms with Crippen LogP contribution in [0.2, 0.25) is 0 Å². The smallest absolute Gasteiger partial charge is 0.258 e. The van der Waals surface area contributed by atoms with Crippen LogP contribution in [-0.2, 0) is 30.2 Å². The number of rotatable bonds is 6. The maximum atomic E-state index is 12.1. The lowest BCUT2D eigenvalue weighted by Gasteiger charge is -2.07. The predicted octanol–water partition coefficient (Wildman–Crippen LogP) is -0.659. The highest BCUT2D eigenvalue weighted by atomic mass is 32.2. The molecule has 0 fully saturated rings. The molecular weight excluding hydrogens is 268 g/mol. The summed E-state index contributed by atoms with van der Waals surface area (Å²) >= 11 is 0. The van der Waals surface area contributed by atoms with E-state index in [4.69, 9.17) is 0 Å². The molecule has 104 valence electrons. The lowest BCUT2D eigenvalue weighted by atomic mass is 10.4. The molecule has 2 aromatic rings. The number of hydrogen-bond donors (Lipinski definition) is 3. The third kappa shape index (κ3) is 3.00. The quantitative estimate of drug-likeness (QED) is 0.653. The first-order chi connectivity index (χ1) is 9.04. The summed E-state index contributed by atoms with van der Waals surface area (Å²) in [5, 5.41) is 9.24. The number of H-pyrrole nitrogens is 1. The average molecular weight is 284 g/mol. The molecule has 0 aliphatic rings. The van der Waals surface area contributed by atoms with Crippen LogP contribution in [0, 0.1) is 0 Å². The number of nitrogens with one attached hydrogen (secondary N) is 3. The van der Waals surface area contributed by atoms with Crippen molar-refractivity contribution in [3.63, 3.8) is 0 Å². The number of aromatic nitrogens is 4. The molecule has 2 heterocycles. The Hall–Kier alpha value is -1.71. The van der Waals surface area contributed by atoms with Crippen molar-refractivity contribution in [3.05, 3.63) is 30.0 Å². The number of hydrogen-bond acceptors (Lipinski definition) is 5. The van der Waals surface area contributed by atoms with Crippen LogP contribution in [0.5, 0.6) is 0 Å². The summed E-state index contributed by atoms with van der Waals surface area (Å²) in [4.78, 5) is 4.06. The molecular formula is C10H16N6O2S. The summed E-state index contributed by atoms with van der Waals surface area (Å²) in [5.74, 6) is 0.637. The molecule has 0 saturated carbocycles. The van der Waals surface area contributed by atoms with Crippen molar-refractivity contribution in [3.8, 4) is 0 Å². The van der Waals surface area contributed by atoms with Gasteiger partial charge < -0.3 is 9.88 Å². The van der Waals surface area contributed by atoms with Gasteiger partial charge in [-0.3, -0.25) is 5.10 Å². The minimum absolute atomic E-state index is 0.0797. The zero-order valence-corrected chi connectivity index (χ0v) is 11.5. The largest absolute Gasteiger partial charge is 0.337 e. The zero-order chi connectivity index (χ0) is 13.9. The van der Waals surface area contributed by atoms with Gasteiger partial charge in [0.1, 0.15) is 5.82 Å². The maximum absolute atomic E-state index is 12.1. The van der Waals surface area contributed by atoms with Gasteiger partial charge in [-0.2, -0.15) is 5.10 Å². The van der Waals surface area contributed by atoms with Gasteiger partial charge in [0.2, 0.25) is 0 Å². The Labute approximate surface area is 111 Å². The molecule has 0 aliphatic heterocycles. The number of nitrogens with zero attached hydrogens (tertiary/aromatic N) is 3. The van der Waals surface area contributed by atoms with E-state index in [0.29, 0.717) is 17.9 Å². The number of aryl methyl sites for hydroxylation is 1. The molecule has 9 heteroatoms. The molecule has 0 aromatic carbocycles. The second-order valence-corrected chi connectivity index (χ2v) is 5.74. The topological polar surface area (TPSA) is 105 Å². The summed E-state index contributed by atoms with van der Waals surface area (Å²) in [7, 11) is -0.0784. The highest BCUT2D eigenvalue weighted by Gasteiger charge is 2.20. The normalized spacial score (nSPS) is 11.9. The number of imidazole rings is 1. The zero-order valence-electron chi connectivity index (χ0n) is 10.7. The lowest BCUT2D eigenvalue weighted by molar-refractivity contribution is 0.571. The highest BCUT2D eigenvalue weighted by Crippen LogP contribution is 2.11. The summed E-state index contributed by atoms with van der Waals surface area (Å²) in [5.41, 5.74) is 0.592. The van der Waals surface area contributed by atoms with Crippen molar-refractivity contribution >= 4 is 10.0 Å². The van der Waals surface area contributed by atoms with Crippen molar-refractivity contribution in [1.82, 2.24) is 29.8 Å². The Kier molecular flexibility index (Phi) is 3.98. The summed E-state index contributed by atoms with van der Waals surface area (Å²) in [6.45, 7) is 0.555. The Balaban J connectivity index is 2.14. The molecule has 0 radical (unpaired) electrons. The van der Waals surface area contributed by atoms with Gasteiger partial charge in [0.25, 0.3) is 10.0 Å². The van der Waals surface area contributed by atoms with Gasteiger partial charge in [-0.25, -0.2) is 18.1 Å². The van der Waals surface area contributed by atoms with Gasteiger partial charge in [0.15, 0.2) is 5.03 Å². The second-order valence-electron chi connectivity index (χ2n) is 4.03. The number of sulfonamides is 1. The molecule has 0 saturated heterocycles. The van der Waals surface area contributed by atoms with Gasteiger partial charge in [0.05, 0.1) is 12.7 Å². The fourth-order valence-electron chi connectivity index (χ4n) is 1.65. The molecule has 3 N–H and O–H groups in total. The third-order valence-electron chi connectivity index (χ3n) is 2.66.